The summed E-state index contributed by atoms with van der Waals surface area (Å²) >= 11 is 0. The summed E-state index contributed by atoms with van der Waals surface area (Å²) in [6.07, 6.45) is -0.254. The first-order valence-corrected chi connectivity index (χ1v) is 5.62. The molecule has 1 aliphatic heterocycles. The topological polar surface area (TPSA) is 50.8 Å². The molecule has 0 saturated carbocycles. The Morgan fingerprint density at radius 3 is 2.38 bits per heavy atom. The van der Waals surface area contributed by atoms with Crippen molar-refractivity contribution in [3.63, 3.8) is 0 Å². The van der Waals surface area contributed by atoms with Crippen LogP contribution in [-0.4, -0.2) is 56.0 Å². The molecule has 0 bridgehead atoms. The molecular formula is C11H22N2O3. The molecule has 5 heteroatoms. The van der Waals surface area contributed by atoms with Crippen molar-refractivity contribution >= 4 is 6.09 Å². The first-order chi connectivity index (χ1) is 7.46. The molecule has 0 atom stereocenters. The highest BCUT2D eigenvalue weighted by Crippen LogP contribution is 2.20. The standard InChI is InChI=1S/C11H22N2O3/c1-11(2,3)13(9-7-12-8-9)10(14)16-6-5-15-4/h9,12H,5-8H2,1-4H3. The Morgan fingerprint density at radius 1 is 1.38 bits per heavy atom. The minimum Gasteiger partial charge on any atom is -0.447 e. The van der Waals surface area contributed by atoms with Crippen molar-refractivity contribution in [1.29, 1.82) is 0 Å². The van der Waals surface area contributed by atoms with Gasteiger partial charge < -0.3 is 14.8 Å². The van der Waals surface area contributed by atoms with E-state index < -0.39 is 0 Å². The van der Waals surface area contributed by atoms with Gasteiger partial charge in [0, 0.05) is 25.7 Å². The van der Waals surface area contributed by atoms with Gasteiger partial charge in [-0.05, 0) is 20.8 Å². The number of hydrogen-bond donors (Lipinski definition) is 1. The molecular weight excluding hydrogens is 208 g/mol. The highest BCUT2D eigenvalue weighted by molar-refractivity contribution is 5.69. The van der Waals surface area contributed by atoms with Gasteiger partial charge in [-0.25, -0.2) is 4.79 Å². The Kier molecular flexibility index (Phi) is 4.56. The molecule has 5 nitrogen and oxygen atoms in total. The van der Waals surface area contributed by atoms with Crippen LogP contribution in [0.4, 0.5) is 4.79 Å². The fourth-order valence-electron chi connectivity index (χ4n) is 1.71. The Labute approximate surface area is 97.1 Å². The highest BCUT2D eigenvalue weighted by Gasteiger charge is 2.37. The van der Waals surface area contributed by atoms with Crippen molar-refractivity contribution in [1.82, 2.24) is 10.2 Å². The predicted octanol–water partition coefficient (Wildman–Crippen LogP) is 0.842. The Hall–Kier alpha value is -0.810. The van der Waals surface area contributed by atoms with Gasteiger partial charge in [-0.15, -0.1) is 0 Å². The lowest BCUT2D eigenvalue weighted by molar-refractivity contribution is 0.0186. The number of amides is 1. The second-order valence-electron chi connectivity index (χ2n) is 4.96. The summed E-state index contributed by atoms with van der Waals surface area (Å²) in [6, 6.07) is 0.245. The van der Waals surface area contributed by atoms with E-state index in [0.717, 1.165) is 13.1 Å². The maximum absolute atomic E-state index is 11.9. The summed E-state index contributed by atoms with van der Waals surface area (Å²) in [5.41, 5.74) is -0.211. The normalized spacial score (nSPS) is 16.8. The molecule has 94 valence electrons. The second-order valence-corrected chi connectivity index (χ2v) is 4.96. The molecule has 0 spiro atoms. The summed E-state index contributed by atoms with van der Waals surface area (Å²) in [4.78, 5) is 13.7. The van der Waals surface area contributed by atoms with Gasteiger partial charge in [0.2, 0.25) is 0 Å². The number of ether oxygens (including phenoxy) is 2. The van der Waals surface area contributed by atoms with Crippen LogP contribution in [-0.2, 0) is 9.47 Å². The molecule has 1 amide bonds. The van der Waals surface area contributed by atoms with E-state index in [0.29, 0.717) is 13.2 Å². The largest absolute Gasteiger partial charge is 0.447 e. The van der Waals surface area contributed by atoms with Crippen molar-refractivity contribution in [2.75, 3.05) is 33.4 Å². The molecule has 1 fully saturated rings. The molecule has 16 heavy (non-hydrogen) atoms. The third kappa shape index (κ3) is 3.35. The average molecular weight is 230 g/mol. The molecule has 0 aromatic heterocycles. The number of nitrogens with zero attached hydrogens (tertiary/aromatic N) is 1. The van der Waals surface area contributed by atoms with E-state index in [2.05, 4.69) is 5.32 Å². The van der Waals surface area contributed by atoms with Gasteiger partial charge in [0.05, 0.1) is 12.6 Å². The fraction of sp³-hybridized carbons (Fsp3) is 0.909. The highest BCUT2D eigenvalue weighted by atomic mass is 16.6. The number of carbonyl (C=O) groups is 1. The van der Waals surface area contributed by atoms with Crippen LogP contribution in [0.1, 0.15) is 20.8 Å². The van der Waals surface area contributed by atoms with Crippen molar-refractivity contribution in [2.24, 2.45) is 0 Å². The molecule has 1 heterocycles. The van der Waals surface area contributed by atoms with Crippen LogP contribution in [0.2, 0.25) is 0 Å². The van der Waals surface area contributed by atoms with Crippen LogP contribution in [0.5, 0.6) is 0 Å². The minimum absolute atomic E-state index is 0.211. The number of nitrogens with one attached hydrogen (secondary N) is 1. The Balaban J connectivity index is 2.51. The van der Waals surface area contributed by atoms with Crippen molar-refractivity contribution in [3.8, 4) is 0 Å². The van der Waals surface area contributed by atoms with E-state index in [1.165, 1.54) is 0 Å². The lowest BCUT2D eigenvalue weighted by atomic mass is 10.0. The Bertz CT molecular complexity index is 234. The van der Waals surface area contributed by atoms with Gasteiger partial charge in [0.1, 0.15) is 6.61 Å². The van der Waals surface area contributed by atoms with E-state index in [1.54, 1.807) is 12.0 Å². The molecule has 1 rings (SSSR count). The van der Waals surface area contributed by atoms with E-state index in [-0.39, 0.29) is 17.7 Å². The summed E-state index contributed by atoms with van der Waals surface area (Å²) < 4.78 is 10.0. The zero-order valence-electron chi connectivity index (χ0n) is 10.6. The summed E-state index contributed by atoms with van der Waals surface area (Å²) in [6.45, 7) is 8.48. The summed E-state index contributed by atoms with van der Waals surface area (Å²) in [5, 5.41) is 3.16. The second kappa shape index (κ2) is 5.50. The maximum Gasteiger partial charge on any atom is 0.410 e. The predicted molar refractivity (Wildman–Crippen MR) is 61.5 cm³/mol. The smallest absolute Gasteiger partial charge is 0.410 e. The zero-order valence-corrected chi connectivity index (χ0v) is 10.6. The summed E-state index contributed by atoms with van der Waals surface area (Å²) in [7, 11) is 1.59. The van der Waals surface area contributed by atoms with Gasteiger partial charge in [0.15, 0.2) is 0 Å². The van der Waals surface area contributed by atoms with Gasteiger partial charge in [-0.3, -0.25) is 4.90 Å². The van der Waals surface area contributed by atoms with Gasteiger partial charge >= 0.3 is 6.09 Å². The van der Waals surface area contributed by atoms with Crippen LogP contribution in [0.3, 0.4) is 0 Å². The van der Waals surface area contributed by atoms with Crippen LogP contribution >= 0.6 is 0 Å². The summed E-state index contributed by atoms with van der Waals surface area (Å²) in [5.74, 6) is 0. The molecule has 1 saturated heterocycles. The average Bonchev–Trinajstić information content (AvgIpc) is 2.09. The van der Waals surface area contributed by atoms with E-state index in [9.17, 15) is 4.79 Å². The molecule has 0 aliphatic carbocycles. The maximum atomic E-state index is 11.9. The van der Waals surface area contributed by atoms with E-state index in [1.807, 2.05) is 20.8 Å². The SMILES string of the molecule is COCCOC(=O)N(C1CNC1)C(C)(C)C. The molecule has 0 aromatic carbocycles. The van der Waals surface area contributed by atoms with Crippen LogP contribution in [0.25, 0.3) is 0 Å². The van der Waals surface area contributed by atoms with Crippen LogP contribution in [0, 0.1) is 0 Å². The first-order valence-electron chi connectivity index (χ1n) is 5.62. The lowest BCUT2D eigenvalue weighted by Gasteiger charge is -2.45. The molecule has 0 radical (unpaired) electrons. The third-order valence-corrected chi connectivity index (χ3v) is 2.56. The quantitative estimate of drug-likeness (QED) is 0.727. The van der Waals surface area contributed by atoms with Gasteiger partial charge in [-0.1, -0.05) is 0 Å². The Morgan fingerprint density at radius 2 is 2.00 bits per heavy atom. The van der Waals surface area contributed by atoms with E-state index in [4.69, 9.17) is 9.47 Å². The third-order valence-electron chi connectivity index (χ3n) is 2.56. The molecule has 0 aromatic rings. The number of rotatable bonds is 4. The zero-order chi connectivity index (χ0) is 12.2. The lowest BCUT2D eigenvalue weighted by Crippen LogP contribution is -2.64. The van der Waals surface area contributed by atoms with Gasteiger partial charge in [0.25, 0.3) is 0 Å². The fourth-order valence-corrected chi connectivity index (χ4v) is 1.71. The van der Waals surface area contributed by atoms with Crippen molar-refractivity contribution < 1.29 is 14.3 Å². The van der Waals surface area contributed by atoms with Crippen molar-refractivity contribution in [3.05, 3.63) is 0 Å². The van der Waals surface area contributed by atoms with Crippen molar-refractivity contribution in [2.45, 2.75) is 32.4 Å². The molecule has 0 unspecified atom stereocenters. The number of hydrogen-bond acceptors (Lipinski definition) is 4. The minimum atomic E-state index is -0.254. The number of carbonyl (C=O) groups excluding carboxylic acids is 1. The van der Waals surface area contributed by atoms with Crippen LogP contribution in [0.15, 0.2) is 0 Å². The van der Waals surface area contributed by atoms with E-state index >= 15 is 0 Å². The number of methoxy groups -OCH3 is 1. The monoisotopic (exact) mass is 230 g/mol. The molecule has 1 aliphatic rings. The first kappa shape index (κ1) is 13.3. The van der Waals surface area contributed by atoms with Crippen LogP contribution < -0.4 is 5.32 Å². The molecule has 1 N–H and O–H groups in total. The van der Waals surface area contributed by atoms with Gasteiger partial charge in [-0.2, -0.15) is 0 Å².